The fourth-order valence-corrected chi connectivity index (χ4v) is 2.78. The summed E-state index contributed by atoms with van der Waals surface area (Å²) in [5, 5.41) is 10.9. The Balaban J connectivity index is 0.000000256. The van der Waals surface area contributed by atoms with Crippen molar-refractivity contribution in [1.82, 2.24) is 4.57 Å². The number of para-hydroxylation sites is 2. The van der Waals surface area contributed by atoms with Crippen molar-refractivity contribution in [3.8, 4) is 0 Å². The van der Waals surface area contributed by atoms with Gasteiger partial charge in [-0.1, -0.05) is 57.2 Å². The van der Waals surface area contributed by atoms with Gasteiger partial charge in [0, 0.05) is 27.8 Å². The zero-order valence-electron chi connectivity index (χ0n) is 15.0. The van der Waals surface area contributed by atoms with Gasteiger partial charge in [-0.3, -0.25) is 4.79 Å². The molecule has 0 aliphatic rings. The van der Waals surface area contributed by atoms with Crippen LogP contribution in [-0.2, 0) is 4.79 Å². The fraction of sp³-hybridized carbons (Fsp3) is 0.381. The maximum absolute atomic E-state index is 9.93. The highest BCUT2D eigenvalue weighted by atomic mass is 16.4. The average molecular weight is 325 g/mol. The second kappa shape index (κ2) is 8.00. The molecule has 1 N–H and O–H groups in total. The fourth-order valence-electron chi connectivity index (χ4n) is 2.78. The summed E-state index contributed by atoms with van der Waals surface area (Å²) in [7, 11) is 0. The molecule has 2 aromatic carbocycles. The van der Waals surface area contributed by atoms with Gasteiger partial charge in [0.25, 0.3) is 0 Å². The van der Waals surface area contributed by atoms with Crippen LogP contribution in [0.2, 0.25) is 0 Å². The van der Waals surface area contributed by atoms with E-state index in [9.17, 15) is 4.79 Å². The Labute approximate surface area is 143 Å². The minimum absolute atomic E-state index is 0.181. The van der Waals surface area contributed by atoms with Crippen molar-refractivity contribution < 1.29 is 9.90 Å². The van der Waals surface area contributed by atoms with Crippen molar-refractivity contribution >= 4 is 27.8 Å². The van der Waals surface area contributed by atoms with Gasteiger partial charge in [-0.15, -0.1) is 0 Å². The van der Waals surface area contributed by atoms with Gasteiger partial charge in [0.2, 0.25) is 0 Å². The lowest BCUT2D eigenvalue weighted by Crippen LogP contribution is -2.06. The first-order valence-electron chi connectivity index (χ1n) is 8.71. The van der Waals surface area contributed by atoms with E-state index in [1.165, 1.54) is 21.8 Å². The lowest BCUT2D eigenvalue weighted by atomic mass is 10.1. The summed E-state index contributed by atoms with van der Waals surface area (Å²) in [6, 6.07) is 17.9. The molecular weight excluding hydrogens is 298 g/mol. The lowest BCUT2D eigenvalue weighted by molar-refractivity contribution is -0.141. The van der Waals surface area contributed by atoms with Crippen molar-refractivity contribution in [2.75, 3.05) is 0 Å². The van der Waals surface area contributed by atoms with Crippen molar-refractivity contribution in [2.45, 2.75) is 46.6 Å². The van der Waals surface area contributed by atoms with Gasteiger partial charge in [0.1, 0.15) is 0 Å². The topological polar surface area (TPSA) is 42.2 Å². The molecule has 3 heteroatoms. The Morgan fingerprint density at radius 2 is 1.38 bits per heavy atom. The van der Waals surface area contributed by atoms with Crippen LogP contribution in [0.25, 0.3) is 21.8 Å². The molecule has 2 unspecified atom stereocenters. The molecule has 0 spiro atoms. The maximum Gasteiger partial charge on any atom is 0.306 e. The highest BCUT2D eigenvalue weighted by molar-refractivity contribution is 6.08. The summed E-state index contributed by atoms with van der Waals surface area (Å²) in [6.45, 7) is 8.09. The van der Waals surface area contributed by atoms with Crippen LogP contribution in [0.15, 0.2) is 48.5 Å². The average Bonchev–Trinajstić information content (AvgIpc) is 2.95. The number of hydrogen-bond acceptors (Lipinski definition) is 1. The number of hydrogen-bond donors (Lipinski definition) is 1. The molecule has 0 saturated carbocycles. The molecule has 0 amide bonds. The first-order valence-corrected chi connectivity index (χ1v) is 8.71. The number of benzene rings is 2. The molecular formula is C21H27NO2. The number of carbonyl (C=O) groups is 1. The molecule has 0 aliphatic carbocycles. The van der Waals surface area contributed by atoms with Crippen LogP contribution in [0, 0.1) is 5.92 Å². The van der Waals surface area contributed by atoms with Crippen molar-refractivity contribution in [3.05, 3.63) is 48.5 Å². The van der Waals surface area contributed by atoms with E-state index in [1.54, 1.807) is 6.92 Å². The number of aromatic nitrogens is 1. The molecule has 24 heavy (non-hydrogen) atoms. The van der Waals surface area contributed by atoms with E-state index in [0.29, 0.717) is 6.04 Å². The molecule has 0 bridgehead atoms. The van der Waals surface area contributed by atoms with Gasteiger partial charge in [-0.05, 0) is 31.9 Å². The Morgan fingerprint density at radius 3 is 1.71 bits per heavy atom. The number of fused-ring (bicyclic) bond motifs is 3. The predicted octanol–water partition coefficient (Wildman–Crippen LogP) is 5.88. The van der Waals surface area contributed by atoms with E-state index < -0.39 is 5.97 Å². The van der Waals surface area contributed by atoms with Gasteiger partial charge in [0.15, 0.2) is 0 Å². The lowest BCUT2D eigenvalue weighted by Gasteiger charge is -2.14. The molecule has 0 radical (unpaired) electrons. The minimum Gasteiger partial charge on any atom is -0.481 e. The standard InChI is InChI=1S/C16H17N.C5H10O2/c1-3-12(2)17-15-10-6-4-8-13(15)14-9-5-7-11-16(14)17;1-3-4(2)5(6)7/h4-12H,3H2,1-2H3;4H,3H2,1-2H3,(H,6,7). The molecule has 1 aromatic heterocycles. The highest BCUT2D eigenvalue weighted by Crippen LogP contribution is 2.32. The summed E-state index contributed by atoms with van der Waals surface area (Å²) in [5.41, 5.74) is 2.70. The van der Waals surface area contributed by atoms with Crippen LogP contribution in [0.1, 0.15) is 46.6 Å². The molecule has 128 valence electrons. The largest absolute Gasteiger partial charge is 0.481 e. The van der Waals surface area contributed by atoms with Crippen LogP contribution in [-0.4, -0.2) is 15.6 Å². The molecule has 1 heterocycles. The van der Waals surface area contributed by atoms with Gasteiger partial charge in [-0.2, -0.15) is 0 Å². The molecule has 0 aliphatic heterocycles. The highest BCUT2D eigenvalue weighted by Gasteiger charge is 2.12. The molecule has 0 saturated heterocycles. The van der Waals surface area contributed by atoms with Gasteiger partial charge in [0.05, 0.1) is 5.92 Å². The molecule has 3 aromatic rings. The first-order chi connectivity index (χ1) is 11.5. The van der Waals surface area contributed by atoms with E-state index in [-0.39, 0.29) is 5.92 Å². The van der Waals surface area contributed by atoms with E-state index in [4.69, 9.17) is 5.11 Å². The summed E-state index contributed by atoms with van der Waals surface area (Å²) in [5.74, 6) is -0.887. The van der Waals surface area contributed by atoms with Crippen LogP contribution in [0.4, 0.5) is 0 Å². The SMILES string of the molecule is CCC(C)C(=O)O.CCC(C)n1c2ccccc2c2ccccc21. The second-order valence-corrected chi connectivity index (χ2v) is 6.31. The first kappa shape index (κ1) is 18.1. The van der Waals surface area contributed by atoms with Crippen molar-refractivity contribution in [2.24, 2.45) is 5.92 Å². The number of nitrogens with zero attached hydrogens (tertiary/aromatic N) is 1. The number of carboxylic acids is 1. The predicted molar refractivity (Wildman–Crippen MR) is 102 cm³/mol. The molecule has 3 nitrogen and oxygen atoms in total. The van der Waals surface area contributed by atoms with E-state index in [0.717, 1.165) is 12.8 Å². The Bertz CT molecular complexity index is 766. The monoisotopic (exact) mass is 325 g/mol. The van der Waals surface area contributed by atoms with E-state index in [2.05, 4.69) is 66.9 Å². The quantitative estimate of drug-likeness (QED) is 0.650. The van der Waals surface area contributed by atoms with Crippen LogP contribution in [0.3, 0.4) is 0 Å². The third kappa shape index (κ3) is 3.61. The maximum atomic E-state index is 9.93. The van der Waals surface area contributed by atoms with Crippen LogP contribution < -0.4 is 0 Å². The molecule has 3 rings (SSSR count). The Morgan fingerprint density at radius 1 is 0.917 bits per heavy atom. The Kier molecular flexibility index (Phi) is 6.02. The third-order valence-corrected chi connectivity index (χ3v) is 4.68. The van der Waals surface area contributed by atoms with Crippen LogP contribution in [0.5, 0.6) is 0 Å². The van der Waals surface area contributed by atoms with E-state index in [1.807, 2.05) is 6.92 Å². The minimum atomic E-state index is -0.706. The smallest absolute Gasteiger partial charge is 0.306 e. The summed E-state index contributed by atoms with van der Waals surface area (Å²) in [4.78, 5) is 9.93. The van der Waals surface area contributed by atoms with Gasteiger partial charge in [-0.25, -0.2) is 0 Å². The van der Waals surface area contributed by atoms with Gasteiger partial charge >= 0.3 is 5.97 Å². The van der Waals surface area contributed by atoms with Gasteiger partial charge < -0.3 is 9.67 Å². The number of rotatable bonds is 4. The molecule has 2 atom stereocenters. The third-order valence-electron chi connectivity index (χ3n) is 4.68. The zero-order valence-corrected chi connectivity index (χ0v) is 15.0. The summed E-state index contributed by atoms with van der Waals surface area (Å²) in [6.07, 6.45) is 1.87. The van der Waals surface area contributed by atoms with Crippen LogP contribution >= 0.6 is 0 Å². The summed E-state index contributed by atoms with van der Waals surface area (Å²) < 4.78 is 2.46. The van der Waals surface area contributed by atoms with E-state index >= 15 is 0 Å². The zero-order chi connectivity index (χ0) is 17.7. The molecule has 0 fully saturated rings. The normalized spacial score (nSPS) is 13.3. The Hall–Kier alpha value is -2.29. The van der Waals surface area contributed by atoms with Crippen molar-refractivity contribution in [3.63, 3.8) is 0 Å². The van der Waals surface area contributed by atoms with Crippen molar-refractivity contribution in [1.29, 1.82) is 0 Å². The number of aliphatic carboxylic acids is 1. The summed E-state index contributed by atoms with van der Waals surface area (Å²) >= 11 is 0. The second-order valence-electron chi connectivity index (χ2n) is 6.31. The number of carboxylic acid groups (broad SMARTS) is 1.